The second-order valence-corrected chi connectivity index (χ2v) is 7.01. The van der Waals surface area contributed by atoms with Crippen molar-refractivity contribution in [1.29, 1.82) is 0 Å². The third-order valence-electron chi connectivity index (χ3n) is 4.05. The number of thioether (sulfide) groups is 1. The van der Waals surface area contributed by atoms with Crippen LogP contribution in [-0.4, -0.2) is 23.6 Å². The van der Waals surface area contributed by atoms with E-state index in [1.807, 2.05) is 30.3 Å². The van der Waals surface area contributed by atoms with Gasteiger partial charge in [0, 0.05) is 12.1 Å². The largest absolute Gasteiger partial charge is 0.351 e. The summed E-state index contributed by atoms with van der Waals surface area (Å²) in [5.41, 5.74) is 2.48. The Morgan fingerprint density at radius 3 is 2.42 bits per heavy atom. The number of amides is 3. The van der Waals surface area contributed by atoms with E-state index in [0.717, 1.165) is 17.3 Å². The van der Waals surface area contributed by atoms with Crippen molar-refractivity contribution in [3.05, 3.63) is 76.2 Å². The van der Waals surface area contributed by atoms with E-state index in [9.17, 15) is 14.4 Å². The summed E-state index contributed by atoms with van der Waals surface area (Å²) in [5.74, 6) is -0.313. The van der Waals surface area contributed by atoms with Crippen molar-refractivity contribution >= 4 is 34.9 Å². The first-order valence-electron chi connectivity index (χ1n) is 8.21. The second kappa shape index (κ2) is 8.01. The fraction of sp³-hybridized carbons (Fsp3) is 0.150. The van der Waals surface area contributed by atoms with E-state index in [4.69, 9.17) is 0 Å². The van der Waals surface area contributed by atoms with Crippen LogP contribution in [0, 0.1) is 0 Å². The van der Waals surface area contributed by atoms with Crippen molar-refractivity contribution in [3.63, 3.8) is 0 Å². The molecule has 0 radical (unpaired) electrons. The molecule has 0 spiro atoms. The molecule has 1 fully saturated rings. The average Bonchev–Trinajstić information content (AvgIpc) is 2.97. The van der Waals surface area contributed by atoms with Crippen molar-refractivity contribution < 1.29 is 14.4 Å². The van der Waals surface area contributed by atoms with Gasteiger partial charge in [0.05, 0.1) is 4.91 Å². The van der Waals surface area contributed by atoms with Crippen LogP contribution < -0.4 is 10.6 Å². The molecule has 2 N–H and O–H groups in total. The highest BCUT2D eigenvalue weighted by molar-refractivity contribution is 8.18. The van der Waals surface area contributed by atoms with Crippen LogP contribution in [0.3, 0.4) is 0 Å². The Morgan fingerprint density at radius 2 is 1.81 bits per heavy atom. The Kier molecular flexibility index (Phi) is 5.53. The molecule has 1 heterocycles. The molecule has 3 amide bonds. The van der Waals surface area contributed by atoms with Crippen molar-refractivity contribution in [2.24, 2.45) is 0 Å². The van der Waals surface area contributed by atoms with E-state index < -0.39 is 5.91 Å². The normalized spacial score (nSPS) is 16.4. The third kappa shape index (κ3) is 4.40. The first kappa shape index (κ1) is 17.9. The number of carbonyl (C=O) groups excluding carboxylic acids is 3. The molecule has 0 saturated carbocycles. The minimum atomic E-state index is -0.392. The lowest BCUT2D eigenvalue weighted by molar-refractivity contribution is -0.115. The summed E-state index contributed by atoms with van der Waals surface area (Å²) in [5, 5.41) is 4.78. The predicted molar refractivity (Wildman–Crippen MR) is 103 cm³/mol. The standard InChI is InChI=1S/C20H18N2O3S/c1-13(15-5-3-2-4-6-15)12-21-18(23)16-9-7-14(8-10-16)11-17-19(24)22-20(25)26-17/h2-11,13H,12H2,1H3,(H,21,23)(H,22,24,25)/b17-11-/t13-/m1/s1. The van der Waals surface area contributed by atoms with Crippen LogP contribution in [0.1, 0.15) is 34.3 Å². The van der Waals surface area contributed by atoms with Crippen molar-refractivity contribution in [1.82, 2.24) is 10.6 Å². The summed E-state index contributed by atoms with van der Waals surface area (Å²) in [4.78, 5) is 35.4. The van der Waals surface area contributed by atoms with E-state index in [-0.39, 0.29) is 17.1 Å². The van der Waals surface area contributed by atoms with Crippen LogP contribution in [0.4, 0.5) is 4.79 Å². The number of hydrogen-bond donors (Lipinski definition) is 2. The Hall–Kier alpha value is -2.86. The van der Waals surface area contributed by atoms with Gasteiger partial charge in [-0.25, -0.2) is 0 Å². The van der Waals surface area contributed by atoms with Crippen LogP contribution in [-0.2, 0) is 4.79 Å². The summed E-state index contributed by atoms with van der Waals surface area (Å²) in [6, 6.07) is 16.9. The van der Waals surface area contributed by atoms with Crippen LogP contribution in [0.2, 0.25) is 0 Å². The summed E-state index contributed by atoms with van der Waals surface area (Å²) in [6.07, 6.45) is 1.63. The minimum Gasteiger partial charge on any atom is -0.351 e. The molecule has 0 aliphatic carbocycles. The number of carbonyl (C=O) groups is 3. The molecule has 0 aromatic heterocycles. The molecule has 3 rings (SSSR count). The van der Waals surface area contributed by atoms with Gasteiger partial charge in [-0.1, -0.05) is 49.4 Å². The maximum absolute atomic E-state index is 12.3. The van der Waals surface area contributed by atoms with Gasteiger partial charge in [-0.15, -0.1) is 0 Å². The smallest absolute Gasteiger partial charge is 0.290 e. The lowest BCUT2D eigenvalue weighted by Gasteiger charge is -2.13. The Labute approximate surface area is 155 Å². The maximum Gasteiger partial charge on any atom is 0.290 e. The van der Waals surface area contributed by atoms with Gasteiger partial charge in [0.15, 0.2) is 0 Å². The third-order valence-corrected chi connectivity index (χ3v) is 4.86. The number of rotatable bonds is 5. The van der Waals surface area contributed by atoms with Crippen LogP contribution in [0.25, 0.3) is 6.08 Å². The van der Waals surface area contributed by atoms with Gasteiger partial charge in [-0.3, -0.25) is 19.7 Å². The van der Waals surface area contributed by atoms with Crippen LogP contribution >= 0.6 is 11.8 Å². The Bertz CT molecular complexity index is 860. The molecule has 6 heteroatoms. The molecule has 0 bridgehead atoms. The zero-order chi connectivity index (χ0) is 18.5. The summed E-state index contributed by atoms with van der Waals surface area (Å²) in [6.45, 7) is 2.62. The number of benzene rings is 2. The molecule has 2 aromatic rings. The van der Waals surface area contributed by atoms with Gasteiger partial charge >= 0.3 is 0 Å². The lowest BCUT2D eigenvalue weighted by atomic mass is 10.0. The van der Waals surface area contributed by atoms with Crippen molar-refractivity contribution in [3.8, 4) is 0 Å². The molecule has 132 valence electrons. The summed E-state index contributed by atoms with van der Waals surface area (Å²) < 4.78 is 0. The quantitative estimate of drug-likeness (QED) is 0.794. The second-order valence-electron chi connectivity index (χ2n) is 6.00. The SMILES string of the molecule is C[C@H](CNC(=O)c1ccc(/C=C2\SC(=O)NC2=O)cc1)c1ccccc1. The van der Waals surface area contributed by atoms with E-state index in [0.29, 0.717) is 17.0 Å². The molecule has 1 aliphatic rings. The van der Waals surface area contributed by atoms with Crippen LogP contribution in [0.15, 0.2) is 59.5 Å². The highest BCUT2D eigenvalue weighted by Gasteiger charge is 2.24. The van der Waals surface area contributed by atoms with Gasteiger partial charge < -0.3 is 5.32 Å². The maximum atomic E-state index is 12.3. The summed E-state index contributed by atoms with van der Waals surface area (Å²) in [7, 11) is 0. The Morgan fingerprint density at radius 1 is 1.12 bits per heavy atom. The predicted octanol–water partition coefficient (Wildman–Crippen LogP) is 3.54. The molecule has 26 heavy (non-hydrogen) atoms. The summed E-state index contributed by atoms with van der Waals surface area (Å²) >= 11 is 0.870. The van der Waals surface area contributed by atoms with Gasteiger partial charge in [-0.2, -0.15) is 0 Å². The molecular weight excluding hydrogens is 348 g/mol. The highest BCUT2D eigenvalue weighted by atomic mass is 32.2. The number of hydrogen-bond acceptors (Lipinski definition) is 4. The average molecular weight is 366 g/mol. The Balaban J connectivity index is 1.60. The van der Waals surface area contributed by atoms with Crippen LogP contribution in [0.5, 0.6) is 0 Å². The lowest BCUT2D eigenvalue weighted by Crippen LogP contribution is -2.27. The molecular formula is C20H18N2O3S. The molecule has 1 saturated heterocycles. The van der Waals surface area contributed by atoms with E-state index in [1.54, 1.807) is 30.3 Å². The molecule has 1 atom stereocenters. The number of imide groups is 1. The zero-order valence-electron chi connectivity index (χ0n) is 14.2. The first-order chi connectivity index (χ1) is 12.5. The zero-order valence-corrected chi connectivity index (χ0v) is 15.0. The van der Waals surface area contributed by atoms with Crippen molar-refractivity contribution in [2.75, 3.05) is 6.54 Å². The fourth-order valence-corrected chi connectivity index (χ4v) is 3.23. The topological polar surface area (TPSA) is 75.3 Å². The molecule has 1 aliphatic heterocycles. The van der Waals surface area contributed by atoms with E-state index in [1.165, 1.54) is 5.56 Å². The van der Waals surface area contributed by atoms with E-state index >= 15 is 0 Å². The highest BCUT2D eigenvalue weighted by Crippen LogP contribution is 2.25. The van der Waals surface area contributed by atoms with Gasteiger partial charge in [-0.05, 0) is 47.0 Å². The molecule has 2 aromatic carbocycles. The first-order valence-corrected chi connectivity index (χ1v) is 9.02. The monoisotopic (exact) mass is 366 g/mol. The van der Waals surface area contributed by atoms with Gasteiger partial charge in [0.2, 0.25) is 0 Å². The van der Waals surface area contributed by atoms with Crippen molar-refractivity contribution in [2.45, 2.75) is 12.8 Å². The fourth-order valence-electron chi connectivity index (χ4n) is 2.55. The molecule has 0 unspecified atom stereocenters. The van der Waals surface area contributed by atoms with Gasteiger partial charge in [0.1, 0.15) is 0 Å². The number of nitrogens with one attached hydrogen (secondary N) is 2. The van der Waals surface area contributed by atoms with Gasteiger partial charge in [0.25, 0.3) is 17.1 Å². The van der Waals surface area contributed by atoms with E-state index in [2.05, 4.69) is 17.6 Å². The molecule has 5 nitrogen and oxygen atoms in total. The minimum absolute atomic E-state index is 0.143.